The highest BCUT2D eigenvalue weighted by Gasteiger charge is 2.11. The third-order valence-electron chi connectivity index (χ3n) is 4.48. The fraction of sp³-hybridized carbons (Fsp3) is 0.100. The van der Waals surface area contributed by atoms with Crippen LogP contribution in [0.5, 0.6) is 5.88 Å². The van der Waals surface area contributed by atoms with Crippen LogP contribution in [0.3, 0.4) is 0 Å². The van der Waals surface area contributed by atoms with E-state index in [1.54, 1.807) is 31.8 Å². The Labute approximate surface area is 160 Å². The molecule has 1 aromatic carbocycles. The summed E-state index contributed by atoms with van der Waals surface area (Å²) in [5.74, 6) is 1.22. The number of pyridine rings is 2. The zero-order valence-electron chi connectivity index (χ0n) is 15.1. The molecule has 0 saturated carbocycles. The zero-order valence-corrected chi connectivity index (χ0v) is 15.1. The van der Waals surface area contributed by atoms with E-state index < -0.39 is 0 Å². The molecule has 0 spiro atoms. The highest BCUT2D eigenvalue weighted by molar-refractivity contribution is 5.79. The molecule has 0 atom stereocenters. The van der Waals surface area contributed by atoms with Gasteiger partial charge >= 0.3 is 0 Å². The van der Waals surface area contributed by atoms with Crippen LogP contribution in [0.15, 0.2) is 61.1 Å². The van der Waals surface area contributed by atoms with Crippen LogP contribution in [0, 0.1) is 0 Å². The summed E-state index contributed by atoms with van der Waals surface area (Å²) in [5.41, 5.74) is 4.54. The van der Waals surface area contributed by atoms with Crippen LogP contribution in [0.1, 0.15) is 5.56 Å². The molecule has 28 heavy (non-hydrogen) atoms. The highest BCUT2D eigenvalue weighted by atomic mass is 16.5. The van der Waals surface area contributed by atoms with Crippen molar-refractivity contribution in [3.05, 3.63) is 66.6 Å². The molecule has 8 nitrogen and oxygen atoms in total. The third-order valence-corrected chi connectivity index (χ3v) is 4.48. The molecule has 138 valence electrons. The predicted octanol–water partition coefficient (Wildman–Crippen LogP) is 3.50. The number of aromatic amines is 1. The van der Waals surface area contributed by atoms with Gasteiger partial charge in [0.05, 0.1) is 37.3 Å². The van der Waals surface area contributed by atoms with Crippen LogP contribution >= 0.6 is 0 Å². The van der Waals surface area contributed by atoms with Crippen molar-refractivity contribution in [1.82, 2.24) is 29.7 Å². The van der Waals surface area contributed by atoms with Crippen LogP contribution in [0.4, 0.5) is 11.5 Å². The molecule has 0 saturated heterocycles. The maximum Gasteiger partial charge on any atom is 0.213 e. The summed E-state index contributed by atoms with van der Waals surface area (Å²) < 4.78 is 7.04. The summed E-state index contributed by atoms with van der Waals surface area (Å²) in [6.45, 7) is 0.681. The van der Waals surface area contributed by atoms with E-state index in [1.807, 2.05) is 22.9 Å². The molecule has 2 N–H and O–H groups in total. The van der Waals surface area contributed by atoms with Crippen molar-refractivity contribution in [2.24, 2.45) is 0 Å². The SMILES string of the molecule is COc1ccc(Nc2cnc3[nH]n(Cc4ccc5ncccc5c4)c3n2)cn1. The normalized spacial score (nSPS) is 11.2. The number of aromatic nitrogens is 6. The van der Waals surface area contributed by atoms with Crippen molar-refractivity contribution in [3.8, 4) is 5.88 Å². The summed E-state index contributed by atoms with van der Waals surface area (Å²) in [7, 11) is 1.59. The second-order valence-corrected chi connectivity index (χ2v) is 6.37. The molecule has 0 aliphatic rings. The van der Waals surface area contributed by atoms with E-state index >= 15 is 0 Å². The minimum atomic E-state index is 0.565. The molecule has 0 aliphatic heterocycles. The molecule has 0 unspecified atom stereocenters. The van der Waals surface area contributed by atoms with Gasteiger partial charge in [0, 0.05) is 17.6 Å². The fourth-order valence-electron chi connectivity index (χ4n) is 3.08. The Morgan fingerprint density at radius 3 is 2.89 bits per heavy atom. The number of benzene rings is 1. The van der Waals surface area contributed by atoms with E-state index in [0.29, 0.717) is 18.2 Å². The second-order valence-electron chi connectivity index (χ2n) is 6.37. The number of fused-ring (bicyclic) bond motifs is 2. The van der Waals surface area contributed by atoms with Crippen LogP contribution in [-0.4, -0.2) is 36.8 Å². The van der Waals surface area contributed by atoms with Gasteiger partial charge in [-0.2, -0.15) is 0 Å². The van der Waals surface area contributed by atoms with Crippen LogP contribution in [-0.2, 0) is 6.54 Å². The number of rotatable bonds is 5. The van der Waals surface area contributed by atoms with Gasteiger partial charge in [0.25, 0.3) is 0 Å². The topological polar surface area (TPSA) is 93.5 Å². The van der Waals surface area contributed by atoms with Gasteiger partial charge in [-0.3, -0.25) is 14.8 Å². The molecule has 8 heteroatoms. The summed E-state index contributed by atoms with van der Waals surface area (Å²) >= 11 is 0. The zero-order chi connectivity index (χ0) is 18.9. The summed E-state index contributed by atoms with van der Waals surface area (Å²) in [5, 5.41) is 7.54. The quantitative estimate of drug-likeness (QED) is 0.491. The first kappa shape index (κ1) is 16.2. The molecule has 0 aliphatic carbocycles. The molecule has 0 fully saturated rings. The largest absolute Gasteiger partial charge is 0.481 e. The van der Waals surface area contributed by atoms with Crippen LogP contribution in [0.25, 0.3) is 22.2 Å². The van der Waals surface area contributed by atoms with Crippen molar-refractivity contribution < 1.29 is 4.74 Å². The smallest absolute Gasteiger partial charge is 0.213 e. The Morgan fingerprint density at radius 1 is 1.07 bits per heavy atom. The van der Waals surface area contributed by atoms with Crippen molar-refractivity contribution >= 4 is 33.7 Å². The van der Waals surface area contributed by atoms with Crippen molar-refractivity contribution in [2.45, 2.75) is 6.54 Å². The maximum absolute atomic E-state index is 5.08. The highest BCUT2D eigenvalue weighted by Crippen LogP contribution is 2.20. The first-order chi connectivity index (χ1) is 13.8. The van der Waals surface area contributed by atoms with Crippen molar-refractivity contribution in [1.29, 1.82) is 0 Å². The number of nitrogens with one attached hydrogen (secondary N) is 2. The van der Waals surface area contributed by atoms with Gasteiger partial charge in [-0.05, 0) is 29.8 Å². The van der Waals surface area contributed by atoms with E-state index in [0.717, 1.165) is 33.4 Å². The minimum Gasteiger partial charge on any atom is -0.481 e. The first-order valence-electron chi connectivity index (χ1n) is 8.80. The molecule has 4 heterocycles. The Hall–Kier alpha value is -3.94. The van der Waals surface area contributed by atoms with Crippen LogP contribution < -0.4 is 10.1 Å². The first-order valence-corrected chi connectivity index (χ1v) is 8.80. The minimum absolute atomic E-state index is 0.565. The summed E-state index contributed by atoms with van der Waals surface area (Å²) in [4.78, 5) is 17.6. The van der Waals surface area contributed by atoms with E-state index in [9.17, 15) is 0 Å². The number of ether oxygens (including phenoxy) is 1. The van der Waals surface area contributed by atoms with E-state index in [1.165, 1.54) is 0 Å². The lowest BCUT2D eigenvalue weighted by molar-refractivity contribution is 0.398. The number of nitrogens with zero attached hydrogens (tertiary/aromatic N) is 5. The molecular weight excluding hydrogens is 354 g/mol. The van der Waals surface area contributed by atoms with Gasteiger partial charge in [0.2, 0.25) is 5.88 Å². The number of H-pyrrole nitrogens is 1. The Balaban J connectivity index is 1.38. The van der Waals surface area contributed by atoms with Gasteiger partial charge in [-0.1, -0.05) is 12.1 Å². The van der Waals surface area contributed by atoms with Gasteiger partial charge in [-0.15, -0.1) is 0 Å². The average Bonchev–Trinajstić information content (AvgIpc) is 2.73. The Kier molecular flexibility index (Phi) is 3.86. The molecule has 0 amide bonds. The molecule has 0 bridgehead atoms. The number of hydrogen-bond donors (Lipinski definition) is 2. The predicted molar refractivity (Wildman–Crippen MR) is 107 cm³/mol. The lowest BCUT2D eigenvalue weighted by Crippen LogP contribution is -2.15. The number of hydrogen-bond acceptors (Lipinski definition) is 6. The summed E-state index contributed by atoms with van der Waals surface area (Å²) in [6, 6.07) is 13.9. The van der Waals surface area contributed by atoms with Gasteiger partial charge < -0.3 is 10.1 Å². The van der Waals surface area contributed by atoms with E-state index in [-0.39, 0.29) is 0 Å². The fourth-order valence-corrected chi connectivity index (χ4v) is 3.08. The molecular formula is C20H17N7O. The molecule has 4 aromatic heterocycles. The third kappa shape index (κ3) is 3.01. The molecule has 0 radical (unpaired) electrons. The Morgan fingerprint density at radius 2 is 2.04 bits per heavy atom. The monoisotopic (exact) mass is 371 g/mol. The molecule has 5 aromatic rings. The van der Waals surface area contributed by atoms with E-state index in [2.05, 4.69) is 48.6 Å². The van der Waals surface area contributed by atoms with Crippen molar-refractivity contribution in [3.63, 3.8) is 0 Å². The lowest BCUT2D eigenvalue weighted by atomic mass is 10.1. The van der Waals surface area contributed by atoms with Crippen LogP contribution in [0.2, 0.25) is 0 Å². The number of methoxy groups -OCH3 is 1. The molecule has 5 rings (SSSR count). The van der Waals surface area contributed by atoms with Gasteiger partial charge in [0.15, 0.2) is 17.1 Å². The van der Waals surface area contributed by atoms with Crippen molar-refractivity contribution in [2.75, 3.05) is 12.4 Å². The lowest BCUT2D eigenvalue weighted by Gasteiger charge is -2.16. The number of anilines is 2. The maximum atomic E-state index is 5.08. The summed E-state index contributed by atoms with van der Waals surface area (Å²) in [6.07, 6.45) is 5.19. The Bertz CT molecular complexity index is 1260. The van der Waals surface area contributed by atoms with Gasteiger partial charge in [-0.25, -0.2) is 15.0 Å². The second kappa shape index (κ2) is 6.66. The van der Waals surface area contributed by atoms with Gasteiger partial charge in [0.1, 0.15) is 0 Å². The average molecular weight is 371 g/mol. The van der Waals surface area contributed by atoms with E-state index in [4.69, 9.17) is 4.74 Å². The standard InChI is InChI=1S/C20H17N7O/c1-28-18-7-5-15(10-22-18)24-17-11-23-19-20(25-17)27(26-19)12-13-4-6-16-14(9-13)3-2-8-21-16/h2-11H,12H2,1H3,(H,23,26)(H,24,25).